The van der Waals surface area contributed by atoms with Gasteiger partial charge in [-0.1, -0.05) is 0 Å². The monoisotopic (exact) mass is 289 g/mol. The Hall–Kier alpha value is -2.30. The largest absolute Gasteiger partial charge is 0.497 e. The van der Waals surface area contributed by atoms with E-state index in [1.807, 2.05) is 32.9 Å². The fraction of sp³-hybridized carbons (Fsp3) is 0.375. The van der Waals surface area contributed by atoms with Crippen LogP contribution >= 0.6 is 0 Å². The smallest absolute Gasteiger partial charge is 0.356 e. The number of carbonyl (C=O) groups is 1. The number of methoxy groups -OCH3 is 2. The van der Waals surface area contributed by atoms with Crippen molar-refractivity contribution >= 4 is 16.9 Å². The number of pyridine rings is 1. The highest BCUT2D eigenvalue weighted by atomic mass is 16.5. The Balaban J connectivity index is 2.74. The number of aromatic nitrogens is 1. The lowest BCUT2D eigenvalue weighted by atomic mass is 10.1. The Kier molecular flexibility index (Phi) is 4.31. The van der Waals surface area contributed by atoms with Gasteiger partial charge >= 0.3 is 5.97 Å². The number of ether oxygens (including phenoxy) is 3. The SMILES string of the molecule is COC(=O)c1cc(OC(C)C)c2cc(OC)cc(C)c2n1. The molecule has 112 valence electrons. The molecule has 0 bridgehead atoms. The molecule has 0 unspecified atom stereocenters. The van der Waals surface area contributed by atoms with E-state index in [0.717, 1.165) is 16.7 Å². The van der Waals surface area contributed by atoms with Gasteiger partial charge in [-0.15, -0.1) is 0 Å². The highest BCUT2D eigenvalue weighted by Crippen LogP contribution is 2.32. The van der Waals surface area contributed by atoms with Crippen LogP contribution in [0.1, 0.15) is 29.9 Å². The maximum atomic E-state index is 11.8. The molecule has 0 N–H and O–H groups in total. The zero-order valence-corrected chi connectivity index (χ0v) is 12.9. The van der Waals surface area contributed by atoms with Crippen molar-refractivity contribution in [3.63, 3.8) is 0 Å². The molecule has 5 nitrogen and oxygen atoms in total. The van der Waals surface area contributed by atoms with Crippen molar-refractivity contribution in [1.82, 2.24) is 4.98 Å². The van der Waals surface area contributed by atoms with E-state index in [0.29, 0.717) is 11.3 Å². The zero-order chi connectivity index (χ0) is 15.6. The van der Waals surface area contributed by atoms with Gasteiger partial charge in [0.05, 0.1) is 25.8 Å². The molecule has 1 heterocycles. The van der Waals surface area contributed by atoms with E-state index >= 15 is 0 Å². The molecular weight excluding hydrogens is 270 g/mol. The summed E-state index contributed by atoms with van der Waals surface area (Å²) < 4.78 is 15.8. The minimum Gasteiger partial charge on any atom is -0.497 e. The Bertz CT molecular complexity index is 680. The summed E-state index contributed by atoms with van der Waals surface area (Å²) >= 11 is 0. The highest BCUT2D eigenvalue weighted by molar-refractivity contribution is 5.95. The van der Waals surface area contributed by atoms with E-state index in [9.17, 15) is 4.79 Å². The summed E-state index contributed by atoms with van der Waals surface area (Å²) in [6.45, 7) is 5.77. The first kappa shape index (κ1) is 15.1. The van der Waals surface area contributed by atoms with Crippen molar-refractivity contribution in [2.75, 3.05) is 14.2 Å². The molecule has 0 aliphatic rings. The van der Waals surface area contributed by atoms with Gasteiger partial charge < -0.3 is 14.2 Å². The Labute approximate surface area is 123 Å². The molecule has 0 fully saturated rings. The first-order valence-corrected chi connectivity index (χ1v) is 6.70. The number of nitrogens with zero attached hydrogens (tertiary/aromatic N) is 1. The van der Waals surface area contributed by atoms with Crippen LogP contribution in [0.5, 0.6) is 11.5 Å². The predicted molar refractivity (Wildman–Crippen MR) is 80.1 cm³/mol. The lowest BCUT2D eigenvalue weighted by Crippen LogP contribution is -2.10. The summed E-state index contributed by atoms with van der Waals surface area (Å²) in [5.74, 6) is 0.833. The number of esters is 1. The van der Waals surface area contributed by atoms with Crippen molar-refractivity contribution in [3.05, 3.63) is 29.5 Å². The van der Waals surface area contributed by atoms with Gasteiger partial charge in [0.2, 0.25) is 0 Å². The molecule has 0 amide bonds. The molecule has 2 aromatic rings. The summed E-state index contributed by atoms with van der Waals surface area (Å²) in [4.78, 5) is 16.1. The van der Waals surface area contributed by atoms with Crippen LogP contribution in [-0.2, 0) is 4.74 Å². The summed E-state index contributed by atoms with van der Waals surface area (Å²) in [6.07, 6.45) is -0.0207. The molecule has 5 heteroatoms. The number of fused-ring (bicyclic) bond motifs is 1. The number of rotatable bonds is 4. The van der Waals surface area contributed by atoms with Gasteiger partial charge in [-0.25, -0.2) is 9.78 Å². The number of carbonyl (C=O) groups excluding carboxylic acids is 1. The van der Waals surface area contributed by atoms with Crippen LogP contribution in [0.2, 0.25) is 0 Å². The Morgan fingerprint density at radius 3 is 2.48 bits per heavy atom. The lowest BCUT2D eigenvalue weighted by molar-refractivity contribution is 0.0593. The fourth-order valence-electron chi connectivity index (χ4n) is 2.12. The van der Waals surface area contributed by atoms with Crippen LogP contribution in [0.25, 0.3) is 10.9 Å². The second kappa shape index (κ2) is 5.99. The molecular formula is C16H19NO4. The average Bonchev–Trinajstić information content (AvgIpc) is 2.46. The van der Waals surface area contributed by atoms with Crippen molar-refractivity contribution in [2.45, 2.75) is 26.9 Å². The van der Waals surface area contributed by atoms with Crippen LogP contribution < -0.4 is 9.47 Å². The van der Waals surface area contributed by atoms with E-state index in [4.69, 9.17) is 14.2 Å². The third-order valence-electron chi connectivity index (χ3n) is 3.03. The van der Waals surface area contributed by atoms with Gasteiger partial charge in [-0.3, -0.25) is 0 Å². The molecule has 1 aromatic heterocycles. The van der Waals surface area contributed by atoms with Gasteiger partial charge in [0.1, 0.15) is 11.5 Å². The van der Waals surface area contributed by atoms with E-state index in [1.165, 1.54) is 7.11 Å². The molecule has 0 saturated heterocycles. The summed E-state index contributed by atoms with van der Waals surface area (Å²) in [7, 11) is 2.94. The van der Waals surface area contributed by atoms with Crippen LogP contribution in [-0.4, -0.2) is 31.3 Å². The molecule has 21 heavy (non-hydrogen) atoms. The van der Waals surface area contributed by atoms with Crippen molar-refractivity contribution < 1.29 is 19.0 Å². The van der Waals surface area contributed by atoms with Crippen molar-refractivity contribution in [3.8, 4) is 11.5 Å². The van der Waals surface area contributed by atoms with E-state index in [1.54, 1.807) is 13.2 Å². The van der Waals surface area contributed by atoms with Gasteiger partial charge in [0.15, 0.2) is 5.69 Å². The van der Waals surface area contributed by atoms with Crippen LogP contribution in [0.15, 0.2) is 18.2 Å². The third kappa shape index (κ3) is 3.07. The summed E-state index contributed by atoms with van der Waals surface area (Å²) in [6, 6.07) is 5.33. The zero-order valence-electron chi connectivity index (χ0n) is 12.9. The molecule has 0 atom stereocenters. The summed E-state index contributed by atoms with van der Waals surface area (Å²) in [5.41, 5.74) is 1.84. The van der Waals surface area contributed by atoms with Crippen LogP contribution in [0.3, 0.4) is 0 Å². The maximum absolute atomic E-state index is 11.8. The maximum Gasteiger partial charge on any atom is 0.356 e. The molecule has 2 rings (SSSR count). The number of hydrogen-bond acceptors (Lipinski definition) is 5. The second-order valence-corrected chi connectivity index (χ2v) is 5.00. The van der Waals surface area contributed by atoms with E-state index in [2.05, 4.69) is 4.98 Å². The van der Waals surface area contributed by atoms with Gasteiger partial charge in [-0.2, -0.15) is 0 Å². The molecule has 0 saturated carbocycles. The number of benzene rings is 1. The minimum absolute atomic E-state index is 0.0207. The summed E-state index contributed by atoms with van der Waals surface area (Å²) in [5, 5.41) is 0.813. The average molecular weight is 289 g/mol. The molecule has 0 radical (unpaired) electrons. The lowest BCUT2D eigenvalue weighted by Gasteiger charge is -2.15. The predicted octanol–water partition coefficient (Wildman–Crippen LogP) is 3.13. The first-order chi connectivity index (χ1) is 9.96. The van der Waals surface area contributed by atoms with Gasteiger partial charge in [0.25, 0.3) is 0 Å². The van der Waals surface area contributed by atoms with Crippen LogP contribution in [0, 0.1) is 6.92 Å². The third-order valence-corrected chi connectivity index (χ3v) is 3.03. The fourth-order valence-corrected chi connectivity index (χ4v) is 2.12. The second-order valence-electron chi connectivity index (χ2n) is 5.00. The normalized spacial score (nSPS) is 10.8. The van der Waals surface area contributed by atoms with Crippen molar-refractivity contribution in [1.29, 1.82) is 0 Å². The molecule has 1 aromatic carbocycles. The van der Waals surface area contributed by atoms with Crippen molar-refractivity contribution in [2.24, 2.45) is 0 Å². The topological polar surface area (TPSA) is 57.7 Å². The van der Waals surface area contributed by atoms with Gasteiger partial charge in [-0.05, 0) is 38.5 Å². The minimum atomic E-state index is -0.485. The standard InChI is InChI=1S/C16H19NO4/c1-9(2)21-14-8-13(16(18)20-5)17-15-10(3)6-11(19-4)7-12(14)15/h6-9H,1-5H3. The molecule has 0 aliphatic heterocycles. The Morgan fingerprint density at radius 1 is 1.19 bits per heavy atom. The molecule has 0 aliphatic carbocycles. The van der Waals surface area contributed by atoms with E-state index < -0.39 is 5.97 Å². The highest BCUT2D eigenvalue weighted by Gasteiger charge is 2.16. The van der Waals surface area contributed by atoms with Crippen LogP contribution in [0.4, 0.5) is 0 Å². The Morgan fingerprint density at radius 2 is 1.90 bits per heavy atom. The number of aryl methyl sites for hydroxylation is 1. The van der Waals surface area contributed by atoms with E-state index in [-0.39, 0.29) is 11.8 Å². The number of hydrogen-bond donors (Lipinski definition) is 0. The quantitative estimate of drug-likeness (QED) is 0.809. The first-order valence-electron chi connectivity index (χ1n) is 6.70. The van der Waals surface area contributed by atoms with Gasteiger partial charge in [0, 0.05) is 11.5 Å². The molecule has 0 spiro atoms.